The molecule has 0 N–H and O–H groups in total. The number of benzene rings is 1. The summed E-state index contributed by atoms with van der Waals surface area (Å²) in [7, 11) is 1.70. The molecule has 0 atom stereocenters. The van der Waals surface area contributed by atoms with Crippen molar-refractivity contribution in [1.29, 1.82) is 0 Å². The largest absolute Gasteiger partial charge is 0.496 e. The summed E-state index contributed by atoms with van der Waals surface area (Å²) >= 11 is 0. The molecule has 0 bridgehead atoms. The molecule has 23 heavy (non-hydrogen) atoms. The van der Waals surface area contributed by atoms with Crippen LogP contribution in [0.3, 0.4) is 0 Å². The Morgan fingerprint density at radius 3 is 2.87 bits per heavy atom. The summed E-state index contributed by atoms with van der Waals surface area (Å²) < 4.78 is 31.5. The van der Waals surface area contributed by atoms with Gasteiger partial charge in [-0.25, -0.2) is 8.78 Å². The fraction of sp³-hybridized carbons (Fsp3) is 0.471. The number of halogens is 2. The molecular weight excluding hydrogens is 300 g/mol. The fourth-order valence-electron chi connectivity index (χ4n) is 3.13. The van der Waals surface area contributed by atoms with E-state index >= 15 is 0 Å². The topological polar surface area (TPSA) is 30.3 Å². The zero-order chi connectivity index (χ0) is 16.2. The third-order valence-corrected chi connectivity index (χ3v) is 4.24. The first-order valence-corrected chi connectivity index (χ1v) is 7.82. The molecule has 2 heterocycles. The van der Waals surface area contributed by atoms with Crippen LogP contribution in [0.25, 0.3) is 0 Å². The lowest BCUT2D eigenvalue weighted by atomic mass is 10.0. The monoisotopic (exact) mass is 321 g/mol. The lowest BCUT2D eigenvalue weighted by molar-refractivity contribution is 0.122. The molecule has 0 radical (unpaired) electrons. The molecule has 0 unspecified atom stereocenters. The van der Waals surface area contributed by atoms with Crippen LogP contribution in [0, 0.1) is 0 Å². The Morgan fingerprint density at radius 2 is 2.09 bits per heavy atom. The molecule has 3 rings (SSSR count). The van der Waals surface area contributed by atoms with Gasteiger partial charge in [0.1, 0.15) is 12.3 Å². The van der Waals surface area contributed by atoms with Crippen LogP contribution >= 0.6 is 0 Å². The molecule has 1 aliphatic heterocycles. The highest BCUT2D eigenvalue weighted by atomic mass is 19.3. The van der Waals surface area contributed by atoms with Crippen molar-refractivity contribution in [3.05, 3.63) is 47.3 Å². The van der Waals surface area contributed by atoms with Gasteiger partial charge in [0.05, 0.1) is 13.3 Å². The average Bonchev–Trinajstić information content (AvgIpc) is 2.85. The van der Waals surface area contributed by atoms with Crippen molar-refractivity contribution in [1.82, 2.24) is 14.7 Å². The number of ether oxygens (including phenoxy) is 1. The highest BCUT2D eigenvalue weighted by Crippen LogP contribution is 2.26. The molecule has 124 valence electrons. The van der Waals surface area contributed by atoms with Gasteiger partial charge in [-0.05, 0) is 30.0 Å². The van der Waals surface area contributed by atoms with Gasteiger partial charge in [-0.2, -0.15) is 5.10 Å². The summed E-state index contributed by atoms with van der Waals surface area (Å²) in [6, 6.07) is 6.19. The lowest BCUT2D eigenvalue weighted by Crippen LogP contribution is -2.25. The first-order valence-electron chi connectivity index (χ1n) is 7.82. The van der Waals surface area contributed by atoms with Crippen molar-refractivity contribution >= 4 is 0 Å². The van der Waals surface area contributed by atoms with Crippen LogP contribution in [0.2, 0.25) is 0 Å². The Hall–Kier alpha value is -1.95. The molecule has 0 saturated carbocycles. The lowest BCUT2D eigenvalue weighted by Gasteiger charge is -2.18. The Balaban J connectivity index is 1.64. The molecule has 0 saturated heterocycles. The normalized spacial score (nSPS) is 15.5. The van der Waals surface area contributed by atoms with Gasteiger partial charge in [-0.3, -0.25) is 9.58 Å². The highest BCUT2D eigenvalue weighted by molar-refractivity contribution is 5.41. The number of fused-ring (bicyclic) bond motifs is 1. The second-order valence-corrected chi connectivity index (χ2v) is 5.84. The quantitative estimate of drug-likeness (QED) is 0.848. The van der Waals surface area contributed by atoms with E-state index < -0.39 is 6.43 Å². The predicted molar refractivity (Wildman–Crippen MR) is 83.9 cm³/mol. The van der Waals surface area contributed by atoms with Gasteiger partial charge in [0.15, 0.2) is 0 Å². The molecule has 1 aromatic heterocycles. The number of aromatic nitrogens is 2. The molecule has 1 aromatic carbocycles. The second-order valence-electron chi connectivity index (χ2n) is 5.84. The zero-order valence-electron chi connectivity index (χ0n) is 13.2. The van der Waals surface area contributed by atoms with Crippen molar-refractivity contribution in [3.63, 3.8) is 0 Å². The summed E-state index contributed by atoms with van der Waals surface area (Å²) in [6.07, 6.45) is 2.93. The second kappa shape index (κ2) is 7.08. The molecule has 0 aliphatic carbocycles. The van der Waals surface area contributed by atoms with E-state index in [1.54, 1.807) is 19.5 Å². The first kappa shape index (κ1) is 15.9. The van der Waals surface area contributed by atoms with Crippen LogP contribution in [0.1, 0.15) is 16.7 Å². The van der Waals surface area contributed by atoms with E-state index in [9.17, 15) is 8.78 Å². The van der Waals surface area contributed by atoms with Crippen LogP contribution in [0.4, 0.5) is 8.78 Å². The Bertz CT molecular complexity index is 657. The minimum absolute atomic E-state index is 0.345. The van der Waals surface area contributed by atoms with E-state index in [0.717, 1.165) is 43.8 Å². The smallest absolute Gasteiger partial charge is 0.257 e. The first-order chi connectivity index (χ1) is 11.2. The van der Waals surface area contributed by atoms with Crippen LogP contribution < -0.4 is 4.74 Å². The van der Waals surface area contributed by atoms with Crippen LogP contribution in [0.15, 0.2) is 30.6 Å². The number of rotatable bonds is 5. The van der Waals surface area contributed by atoms with E-state index in [-0.39, 0.29) is 6.54 Å². The predicted octanol–water partition coefficient (Wildman–Crippen LogP) is 2.76. The standard InChI is InChI=1S/C17H21F2N3O/c1-23-16-4-2-3-14-5-7-21(8-6-15(14)16)10-13-9-20-22(11-13)12-17(18)19/h2-4,9,11,17H,5-8,10,12H2,1H3. The third kappa shape index (κ3) is 3.88. The minimum Gasteiger partial charge on any atom is -0.496 e. The number of hydrogen-bond donors (Lipinski definition) is 0. The van der Waals surface area contributed by atoms with Gasteiger partial charge in [0.2, 0.25) is 0 Å². The summed E-state index contributed by atoms with van der Waals surface area (Å²) in [5.74, 6) is 0.953. The van der Waals surface area contributed by atoms with Crippen molar-refractivity contribution in [2.75, 3.05) is 20.2 Å². The average molecular weight is 321 g/mol. The highest BCUT2D eigenvalue weighted by Gasteiger charge is 2.17. The van der Waals surface area contributed by atoms with Crippen LogP contribution in [-0.4, -0.2) is 41.3 Å². The van der Waals surface area contributed by atoms with Gasteiger partial charge >= 0.3 is 0 Å². The Labute approximate surface area is 134 Å². The summed E-state index contributed by atoms with van der Waals surface area (Å²) in [5.41, 5.74) is 3.59. The van der Waals surface area contributed by atoms with Crippen molar-refractivity contribution in [2.24, 2.45) is 0 Å². The van der Waals surface area contributed by atoms with Gasteiger partial charge in [-0.15, -0.1) is 0 Å². The molecule has 6 heteroatoms. The Kier molecular flexibility index (Phi) is 4.91. The maximum Gasteiger partial charge on any atom is 0.257 e. The molecule has 2 aromatic rings. The molecule has 4 nitrogen and oxygen atoms in total. The molecule has 0 spiro atoms. The maximum atomic E-state index is 12.4. The van der Waals surface area contributed by atoms with Gasteiger partial charge in [0.25, 0.3) is 6.43 Å². The van der Waals surface area contributed by atoms with Crippen LogP contribution in [0.5, 0.6) is 5.75 Å². The molecule has 0 amide bonds. The number of alkyl halides is 2. The number of methoxy groups -OCH3 is 1. The summed E-state index contributed by atoms with van der Waals surface area (Å²) in [6.45, 7) is 2.26. The summed E-state index contributed by atoms with van der Waals surface area (Å²) in [4.78, 5) is 2.34. The van der Waals surface area contributed by atoms with E-state index in [2.05, 4.69) is 16.1 Å². The van der Waals surface area contributed by atoms with E-state index in [1.165, 1.54) is 15.8 Å². The van der Waals surface area contributed by atoms with E-state index in [1.807, 2.05) is 12.1 Å². The fourth-order valence-corrected chi connectivity index (χ4v) is 3.13. The minimum atomic E-state index is -2.37. The number of nitrogens with zero attached hydrogens (tertiary/aromatic N) is 3. The molecule has 1 aliphatic rings. The molecular formula is C17H21F2N3O. The zero-order valence-corrected chi connectivity index (χ0v) is 13.2. The van der Waals surface area contributed by atoms with Crippen molar-refractivity contribution in [2.45, 2.75) is 32.4 Å². The molecule has 0 fully saturated rings. The van der Waals surface area contributed by atoms with E-state index in [4.69, 9.17) is 4.74 Å². The third-order valence-electron chi connectivity index (χ3n) is 4.24. The van der Waals surface area contributed by atoms with Gasteiger partial charge in [-0.1, -0.05) is 12.1 Å². The maximum absolute atomic E-state index is 12.4. The SMILES string of the molecule is COc1cccc2c1CCN(Cc1cnn(CC(F)F)c1)CC2. The number of hydrogen-bond acceptors (Lipinski definition) is 3. The van der Waals surface area contributed by atoms with Gasteiger partial charge < -0.3 is 4.74 Å². The van der Waals surface area contributed by atoms with E-state index in [0.29, 0.717) is 0 Å². The van der Waals surface area contributed by atoms with Gasteiger partial charge in [0, 0.05) is 31.4 Å². The van der Waals surface area contributed by atoms with Crippen LogP contribution in [-0.2, 0) is 25.9 Å². The van der Waals surface area contributed by atoms with Crippen molar-refractivity contribution in [3.8, 4) is 5.75 Å². The summed E-state index contributed by atoms with van der Waals surface area (Å²) in [5, 5.41) is 4.00. The Morgan fingerprint density at radius 1 is 1.26 bits per heavy atom. The van der Waals surface area contributed by atoms with Crippen molar-refractivity contribution < 1.29 is 13.5 Å².